The summed E-state index contributed by atoms with van der Waals surface area (Å²) in [4.78, 5) is 44.6. The van der Waals surface area contributed by atoms with Gasteiger partial charge < -0.3 is 10.6 Å². The number of carbonyl (C=O) groups is 3. The lowest BCUT2D eigenvalue weighted by Gasteiger charge is -2.32. The van der Waals surface area contributed by atoms with Crippen LogP contribution in [0.25, 0.3) is 0 Å². The topological polar surface area (TPSA) is 91.4 Å². The van der Waals surface area contributed by atoms with Gasteiger partial charge in [0.1, 0.15) is 11.9 Å². The predicted molar refractivity (Wildman–Crippen MR) is 131 cm³/mol. The first kappa shape index (κ1) is 25.0. The highest BCUT2D eigenvalue weighted by Crippen LogP contribution is 2.30. The van der Waals surface area contributed by atoms with Crippen LogP contribution in [0.2, 0.25) is 0 Å². The molecule has 0 saturated carbocycles. The molecule has 2 aromatic carbocycles. The molecule has 0 bridgehead atoms. The lowest BCUT2D eigenvalue weighted by molar-refractivity contribution is -0.127. The van der Waals surface area contributed by atoms with E-state index in [-0.39, 0.29) is 24.8 Å². The zero-order chi connectivity index (χ0) is 24.7. The Morgan fingerprint density at radius 1 is 1.09 bits per heavy atom. The summed E-state index contributed by atoms with van der Waals surface area (Å²) in [7, 11) is 0. The van der Waals surface area contributed by atoms with Crippen LogP contribution in [0.3, 0.4) is 0 Å². The number of nitrogens with zero attached hydrogens (tertiary/aromatic N) is 2. The Morgan fingerprint density at radius 2 is 1.82 bits per heavy atom. The van der Waals surface area contributed by atoms with Crippen LogP contribution in [-0.4, -0.2) is 28.7 Å². The number of aromatic nitrogens is 1. The van der Waals surface area contributed by atoms with Gasteiger partial charge in [-0.15, -0.1) is 11.3 Å². The first-order chi connectivity index (χ1) is 16.2. The Balaban J connectivity index is 1.94. The molecule has 3 amide bonds. The molecule has 0 aliphatic carbocycles. The predicted octanol–water partition coefficient (Wildman–Crippen LogP) is 4.61. The number of rotatable bonds is 9. The van der Waals surface area contributed by atoms with Crippen LogP contribution in [-0.2, 0) is 14.4 Å². The molecule has 2 N–H and O–H groups in total. The normalized spacial score (nSPS) is 11.7. The number of amides is 3. The molecule has 178 valence electrons. The average Bonchev–Trinajstić information content (AvgIpc) is 3.29. The zero-order valence-corrected chi connectivity index (χ0v) is 20.1. The molecule has 0 aliphatic heterocycles. The van der Waals surface area contributed by atoms with Crippen LogP contribution < -0.4 is 15.5 Å². The highest BCUT2D eigenvalue weighted by atomic mass is 32.1. The van der Waals surface area contributed by atoms with Crippen molar-refractivity contribution in [2.75, 3.05) is 10.2 Å². The molecule has 0 aliphatic rings. The van der Waals surface area contributed by atoms with Gasteiger partial charge >= 0.3 is 0 Å². The van der Waals surface area contributed by atoms with Gasteiger partial charge in [0.15, 0.2) is 5.13 Å². The van der Waals surface area contributed by atoms with Crippen molar-refractivity contribution in [1.29, 1.82) is 0 Å². The van der Waals surface area contributed by atoms with E-state index in [1.807, 2.05) is 26.8 Å². The first-order valence-corrected chi connectivity index (χ1v) is 11.8. The van der Waals surface area contributed by atoms with Crippen molar-refractivity contribution < 1.29 is 18.8 Å². The van der Waals surface area contributed by atoms with Crippen molar-refractivity contribution in [3.8, 4) is 0 Å². The molecule has 1 atom stereocenters. The molecular formula is C25H27FN4O3S. The molecule has 7 nitrogen and oxygen atoms in total. The van der Waals surface area contributed by atoms with Crippen LogP contribution in [0.5, 0.6) is 0 Å². The third kappa shape index (κ3) is 6.71. The molecule has 9 heteroatoms. The minimum atomic E-state index is -1.04. The van der Waals surface area contributed by atoms with Crippen LogP contribution in [0.15, 0.2) is 60.1 Å². The van der Waals surface area contributed by atoms with Gasteiger partial charge in [0.25, 0.3) is 0 Å². The summed E-state index contributed by atoms with van der Waals surface area (Å²) < 4.78 is 13.6. The maximum atomic E-state index is 13.6. The second-order valence-electron chi connectivity index (χ2n) is 8.11. The Hall–Kier alpha value is -3.59. The maximum Gasteiger partial charge on any atom is 0.248 e. The minimum absolute atomic E-state index is 0.0807. The Morgan fingerprint density at radius 3 is 2.44 bits per heavy atom. The summed E-state index contributed by atoms with van der Waals surface area (Å²) in [6.45, 7) is 5.53. The number of halogens is 1. The molecule has 3 aromatic rings. The molecule has 0 saturated heterocycles. The van der Waals surface area contributed by atoms with Crippen molar-refractivity contribution in [3.63, 3.8) is 0 Å². The van der Waals surface area contributed by atoms with Crippen molar-refractivity contribution in [2.24, 2.45) is 0 Å². The molecule has 3 rings (SSSR count). The van der Waals surface area contributed by atoms with E-state index in [1.165, 1.54) is 40.5 Å². The molecular weight excluding hydrogens is 455 g/mol. The van der Waals surface area contributed by atoms with E-state index >= 15 is 0 Å². The van der Waals surface area contributed by atoms with Gasteiger partial charge in [-0.3, -0.25) is 19.3 Å². The van der Waals surface area contributed by atoms with Crippen LogP contribution >= 0.6 is 11.3 Å². The number of nitrogens with one attached hydrogen (secondary N) is 2. The van der Waals surface area contributed by atoms with Gasteiger partial charge in [0, 0.05) is 36.1 Å². The van der Waals surface area contributed by atoms with Crippen molar-refractivity contribution in [1.82, 2.24) is 10.3 Å². The van der Waals surface area contributed by atoms with E-state index < -0.39 is 23.7 Å². The number of anilines is 2. The van der Waals surface area contributed by atoms with Crippen LogP contribution in [0, 0.1) is 12.7 Å². The van der Waals surface area contributed by atoms with E-state index in [4.69, 9.17) is 0 Å². The Labute approximate surface area is 202 Å². The standard InChI is InChI=1S/C25H27FN4O3S/c1-16(2)28-24(33)23(18-7-9-19(26)10-8-18)30(20-6-4-5-17(3)15-20)22(32)12-11-21(31)29-25-27-13-14-34-25/h4-10,13-16,23H,11-12H2,1-3H3,(H,28,33)(H,27,29,31)/t23-/m1/s1. The molecule has 34 heavy (non-hydrogen) atoms. The van der Waals surface area contributed by atoms with Gasteiger partial charge in [-0.1, -0.05) is 24.3 Å². The van der Waals surface area contributed by atoms with E-state index in [9.17, 15) is 18.8 Å². The van der Waals surface area contributed by atoms with E-state index in [2.05, 4.69) is 15.6 Å². The number of hydrogen-bond acceptors (Lipinski definition) is 5. The second kappa shape index (κ2) is 11.5. The smallest absolute Gasteiger partial charge is 0.248 e. The van der Waals surface area contributed by atoms with E-state index in [1.54, 1.807) is 29.8 Å². The third-order valence-electron chi connectivity index (χ3n) is 4.92. The molecule has 1 heterocycles. The number of thiazole rings is 1. The fourth-order valence-corrected chi connectivity index (χ4v) is 3.99. The summed E-state index contributed by atoms with van der Waals surface area (Å²) in [5, 5.41) is 7.70. The summed E-state index contributed by atoms with van der Waals surface area (Å²) >= 11 is 1.28. The third-order valence-corrected chi connectivity index (χ3v) is 5.60. The number of carbonyl (C=O) groups excluding carboxylic acids is 3. The molecule has 0 radical (unpaired) electrons. The fourth-order valence-electron chi connectivity index (χ4n) is 3.45. The Kier molecular flexibility index (Phi) is 8.48. The van der Waals surface area contributed by atoms with E-state index in [0.717, 1.165) is 5.56 Å². The Bertz CT molecular complexity index is 1130. The first-order valence-electron chi connectivity index (χ1n) is 10.9. The number of hydrogen-bond donors (Lipinski definition) is 2. The minimum Gasteiger partial charge on any atom is -0.352 e. The van der Waals surface area contributed by atoms with Gasteiger partial charge in [0.05, 0.1) is 0 Å². The zero-order valence-electron chi connectivity index (χ0n) is 19.2. The fraction of sp³-hybridized carbons (Fsp3) is 0.280. The molecule has 0 fully saturated rings. The van der Waals surface area contributed by atoms with Gasteiger partial charge in [0.2, 0.25) is 17.7 Å². The quantitative estimate of drug-likeness (QED) is 0.466. The van der Waals surface area contributed by atoms with Gasteiger partial charge in [-0.05, 0) is 56.2 Å². The summed E-state index contributed by atoms with van der Waals surface area (Å²) in [5.41, 5.74) is 1.87. The SMILES string of the molecule is Cc1cccc(N(C(=O)CCC(=O)Nc2nccs2)[C@@H](C(=O)NC(C)C)c2ccc(F)cc2)c1. The van der Waals surface area contributed by atoms with Crippen LogP contribution in [0.4, 0.5) is 15.2 Å². The lowest BCUT2D eigenvalue weighted by Crippen LogP contribution is -2.46. The average molecular weight is 483 g/mol. The van der Waals surface area contributed by atoms with Crippen molar-refractivity contribution >= 4 is 39.9 Å². The molecule has 1 aromatic heterocycles. The number of aryl methyl sites for hydroxylation is 1. The van der Waals surface area contributed by atoms with Crippen LogP contribution in [0.1, 0.15) is 43.9 Å². The number of benzene rings is 2. The molecule has 0 spiro atoms. The maximum absolute atomic E-state index is 13.6. The van der Waals surface area contributed by atoms with Gasteiger partial charge in [-0.25, -0.2) is 9.37 Å². The van der Waals surface area contributed by atoms with Gasteiger partial charge in [-0.2, -0.15) is 0 Å². The highest BCUT2D eigenvalue weighted by Gasteiger charge is 2.33. The van der Waals surface area contributed by atoms with Crippen molar-refractivity contribution in [2.45, 2.75) is 45.7 Å². The van der Waals surface area contributed by atoms with Crippen molar-refractivity contribution in [3.05, 3.63) is 77.1 Å². The summed E-state index contributed by atoms with van der Waals surface area (Å²) in [6, 6.07) is 11.5. The largest absolute Gasteiger partial charge is 0.352 e. The highest BCUT2D eigenvalue weighted by molar-refractivity contribution is 7.13. The summed E-state index contributed by atoms with van der Waals surface area (Å²) in [6.07, 6.45) is 1.37. The monoisotopic (exact) mass is 482 g/mol. The van der Waals surface area contributed by atoms with E-state index in [0.29, 0.717) is 16.4 Å². The summed E-state index contributed by atoms with van der Waals surface area (Å²) in [5.74, 6) is -1.60. The second-order valence-corrected chi connectivity index (χ2v) is 9.00. The molecule has 0 unspecified atom stereocenters. The lowest BCUT2D eigenvalue weighted by atomic mass is 10.0.